The van der Waals surface area contributed by atoms with Crippen molar-refractivity contribution in [1.82, 2.24) is 0 Å². The molecule has 2 aromatic rings. The zero-order chi connectivity index (χ0) is 10.8. The minimum Gasteiger partial charge on any atom is -0.0619 e. The molecule has 0 N–H and O–H groups in total. The van der Waals surface area contributed by atoms with E-state index in [1.165, 1.54) is 22.3 Å². The van der Waals surface area contributed by atoms with E-state index in [1.807, 2.05) is 0 Å². The van der Waals surface area contributed by atoms with Crippen molar-refractivity contribution >= 4 is 0 Å². The van der Waals surface area contributed by atoms with Crippen molar-refractivity contribution in [2.24, 2.45) is 0 Å². The highest BCUT2D eigenvalue weighted by molar-refractivity contribution is 5.51. The Balaban J connectivity index is 2.16. The van der Waals surface area contributed by atoms with E-state index in [1.54, 1.807) is 0 Å². The van der Waals surface area contributed by atoms with E-state index in [9.17, 15) is 0 Å². The maximum Gasteiger partial charge on any atom is 0.0281 e. The summed E-state index contributed by atoms with van der Waals surface area (Å²) in [5.41, 5.74) is 5.09. The van der Waals surface area contributed by atoms with Gasteiger partial charge in [0, 0.05) is 11.1 Å². The fourth-order valence-corrected chi connectivity index (χ4v) is 2.12. The maximum atomic E-state index is 3.27. The Morgan fingerprint density at radius 1 is 0.625 bits per heavy atom. The summed E-state index contributed by atoms with van der Waals surface area (Å²) in [4.78, 5) is 0. The van der Waals surface area contributed by atoms with E-state index >= 15 is 0 Å². The van der Waals surface area contributed by atoms with Crippen LogP contribution in [0, 0.1) is 11.8 Å². The largest absolute Gasteiger partial charge is 0.0619 e. The first-order valence-corrected chi connectivity index (χ1v) is 5.61. The molecule has 0 amide bonds. The zero-order valence-electron chi connectivity index (χ0n) is 9.03. The smallest absolute Gasteiger partial charge is 0.0281 e. The minimum atomic E-state index is 1.09. The van der Waals surface area contributed by atoms with Crippen LogP contribution in [0.15, 0.2) is 48.5 Å². The van der Waals surface area contributed by atoms with Gasteiger partial charge in [-0.05, 0) is 36.1 Å². The standard InChI is InChI=1S/C16H12/c1-2-6-14-11-12-16-8-4-3-7-15(16)10-9-13(14)5-1/h1-8H,9-10H2. The zero-order valence-corrected chi connectivity index (χ0v) is 9.03. The van der Waals surface area contributed by atoms with Crippen LogP contribution in [-0.2, 0) is 12.8 Å². The van der Waals surface area contributed by atoms with Crippen molar-refractivity contribution in [3.05, 3.63) is 70.8 Å². The molecule has 0 heterocycles. The first-order chi connectivity index (χ1) is 7.93. The Labute approximate surface area is 95.9 Å². The molecule has 0 radical (unpaired) electrons. The number of hydrogen-bond acceptors (Lipinski definition) is 0. The molecule has 0 aromatic heterocycles. The molecule has 2 aromatic carbocycles. The first kappa shape index (κ1) is 9.24. The van der Waals surface area contributed by atoms with Gasteiger partial charge in [0.25, 0.3) is 0 Å². The lowest BCUT2D eigenvalue weighted by Gasteiger charge is -2.09. The Bertz CT molecular complexity index is 531. The Hall–Kier alpha value is -2.00. The summed E-state index contributed by atoms with van der Waals surface area (Å²) in [5.74, 6) is 6.54. The molecular weight excluding hydrogens is 192 g/mol. The summed E-state index contributed by atoms with van der Waals surface area (Å²) in [7, 11) is 0. The third-order valence-electron chi connectivity index (χ3n) is 3.03. The van der Waals surface area contributed by atoms with Gasteiger partial charge in [0.05, 0.1) is 0 Å². The number of hydrogen-bond donors (Lipinski definition) is 0. The van der Waals surface area contributed by atoms with Crippen molar-refractivity contribution in [1.29, 1.82) is 0 Å². The van der Waals surface area contributed by atoms with Gasteiger partial charge in [0.2, 0.25) is 0 Å². The number of aryl methyl sites for hydroxylation is 2. The molecule has 16 heavy (non-hydrogen) atoms. The second-order valence-corrected chi connectivity index (χ2v) is 4.06. The van der Waals surface area contributed by atoms with E-state index in [2.05, 4.69) is 60.4 Å². The summed E-state index contributed by atoms with van der Waals surface area (Å²) in [6.07, 6.45) is 2.17. The van der Waals surface area contributed by atoms with Gasteiger partial charge in [-0.3, -0.25) is 0 Å². The predicted octanol–water partition coefficient (Wildman–Crippen LogP) is 3.19. The topological polar surface area (TPSA) is 0 Å². The van der Waals surface area contributed by atoms with E-state index in [-0.39, 0.29) is 0 Å². The van der Waals surface area contributed by atoms with Gasteiger partial charge in [-0.1, -0.05) is 48.2 Å². The van der Waals surface area contributed by atoms with E-state index in [0.29, 0.717) is 0 Å². The van der Waals surface area contributed by atoms with Crippen molar-refractivity contribution in [3.63, 3.8) is 0 Å². The van der Waals surface area contributed by atoms with Crippen LogP contribution >= 0.6 is 0 Å². The fraction of sp³-hybridized carbons (Fsp3) is 0.125. The molecule has 0 spiro atoms. The third kappa shape index (κ3) is 1.61. The van der Waals surface area contributed by atoms with Gasteiger partial charge in [0.15, 0.2) is 0 Å². The molecule has 0 unspecified atom stereocenters. The summed E-state index contributed by atoms with van der Waals surface area (Å²) >= 11 is 0. The molecule has 0 aliphatic heterocycles. The molecule has 0 saturated carbocycles. The molecular formula is C16H12. The highest BCUT2D eigenvalue weighted by atomic mass is 14.1. The van der Waals surface area contributed by atoms with Crippen molar-refractivity contribution in [2.75, 3.05) is 0 Å². The van der Waals surface area contributed by atoms with Crippen molar-refractivity contribution < 1.29 is 0 Å². The molecule has 1 aliphatic rings. The number of rotatable bonds is 0. The van der Waals surface area contributed by atoms with Gasteiger partial charge >= 0.3 is 0 Å². The van der Waals surface area contributed by atoms with E-state index in [0.717, 1.165) is 12.8 Å². The Morgan fingerprint density at radius 2 is 1.06 bits per heavy atom. The van der Waals surface area contributed by atoms with Crippen LogP contribution in [-0.4, -0.2) is 0 Å². The molecule has 0 bridgehead atoms. The highest BCUT2D eigenvalue weighted by Gasteiger charge is 2.05. The van der Waals surface area contributed by atoms with Crippen LogP contribution in [0.25, 0.3) is 0 Å². The lowest BCUT2D eigenvalue weighted by molar-refractivity contribution is 0.950. The van der Waals surface area contributed by atoms with Crippen LogP contribution in [0.3, 0.4) is 0 Å². The van der Waals surface area contributed by atoms with Crippen LogP contribution in [0.4, 0.5) is 0 Å². The lowest BCUT2D eigenvalue weighted by atomic mass is 9.95. The molecule has 0 atom stereocenters. The van der Waals surface area contributed by atoms with Gasteiger partial charge in [-0.2, -0.15) is 0 Å². The second kappa shape index (κ2) is 3.87. The Kier molecular flexibility index (Phi) is 2.23. The molecule has 0 saturated heterocycles. The number of benzene rings is 2. The van der Waals surface area contributed by atoms with Crippen molar-refractivity contribution in [2.45, 2.75) is 12.8 Å². The average Bonchev–Trinajstić information content (AvgIpc) is 2.32. The predicted molar refractivity (Wildman–Crippen MR) is 66.3 cm³/mol. The molecule has 76 valence electrons. The summed E-state index contributed by atoms with van der Waals surface area (Å²) in [5, 5.41) is 0. The van der Waals surface area contributed by atoms with Gasteiger partial charge in [-0.15, -0.1) is 0 Å². The Morgan fingerprint density at radius 3 is 1.56 bits per heavy atom. The third-order valence-corrected chi connectivity index (χ3v) is 3.03. The van der Waals surface area contributed by atoms with E-state index in [4.69, 9.17) is 0 Å². The monoisotopic (exact) mass is 204 g/mol. The number of fused-ring (bicyclic) bond motifs is 2. The van der Waals surface area contributed by atoms with Crippen LogP contribution in [0.5, 0.6) is 0 Å². The molecule has 1 aliphatic carbocycles. The van der Waals surface area contributed by atoms with Crippen LogP contribution < -0.4 is 0 Å². The molecule has 0 heteroatoms. The molecule has 0 fully saturated rings. The average molecular weight is 204 g/mol. The SMILES string of the molecule is C1#Cc2ccccc2CCc2ccccc21. The summed E-state index contributed by atoms with van der Waals surface area (Å²) in [6, 6.07) is 16.9. The fourth-order valence-electron chi connectivity index (χ4n) is 2.12. The van der Waals surface area contributed by atoms with Crippen LogP contribution in [0.1, 0.15) is 22.3 Å². The molecule has 0 nitrogen and oxygen atoms in total. The van der Waals surface area contributed by atoms with E-state index < -0.39 is 0 Å². The van der Waals surface area contributed by atoms with Gasteiger partial charge in [-0.25, -0.2) is 0 Å². The maximum absolute atomic E-state index is 3.27. The quantitative estimate of drug-likeness (QED) is 0.578. The lowest BCUT2D eigenvalue weighted by Crippen LogP contribution is -1.99. The van der Waals surface area contributed by atoms with Gasteiger partial charge < -0.3 is 0 Å². The summed E-state index contributed by atoms with van der Waals surface area (Å²) < 4.78 is 0. The van der Waals surface area contributed by atoms with Crippen molar-refractivity contribution in [3.8, 4) is 11.8 Å². The normalized spacial score (nSPS) is 12.5. The highest BCUT2D eigenvalue weighted by Crippen LogP contribution is 2.17. The first-order valence-electron chi connectivity index (χ1n) is 5.61. The minimum absolute atomic E-state index is 1.09. The second-order valence-electron chi connectivity index (χ2n) is 4.06. The summed E-state index contributed by atoms with van der Waals surface area (Å²) in [6.45, 7) is 0. The molecule has 3 rings (SSSR count). The van der Waals surface area contributed by atoms with Gasteiger partial charge in [0.1, 0.15) is 0 Å². The van der Waals surface area contributed by atoms with Crippen LogP contribution in [0.2, 0.25) is 0 Å².